The van der Waals surface area contributed by atoms with E-state index in [9.17, 15) is 14.3 Å². The Labute approximate surface area is 225 Å². The van der Waals surface area contributed by atoms with E-state index in [2.05, 4.69) is 59.2 Å². The van der Waals surface area contributed by atoms with E-state index in [4.69, 9.17) is 0 Å². The normalized spacial score (nSPS) is 20.4. The average molecular weight is 518 g/mol. The molecule has 5 rings (SSSR count). The van der Waals surface area contributed by atoms with Crippen molar-refractivity contribution in [3.05, 3.63) is 83.7 Å². The van der Waals surface area contributed by atoms with Crippen LogP contribution >= 0.6 is 0 Å². The summed E-state index contributed by atoms with van der Waals surface area (Å²) in [5.41, 5.74) is 0.923. The fourth-order valence-electron chi connectivity index (χ4n) is 6.42. The van der Waals surface area contributed by atoms with E-state index in [1.54, 1.807) is 12.1 Å². The summed E-state index contributed by atoms with van der Waals surface area (Å²) in [4.78, 5) is 20.7. The molecule has 0 aliphatic carbocycles. The molecule has 1 amide bonds. The zero-order valence-electron chi connectivity index (χ0n) is 22.7. The third-order valence-electron chi connectivity index (χ3n) is 8.65. The fraction of sp³-hybridized carbons (Fsp3) is 0.469. The molecule has 0 aromatic heterocycles. The minimum absolute atomic E-state index is 0.0412. The summed E-state index contributed by atoms with van der Waals surface area (Å²) in [6.45, 7) is 6.52. The molecule has 3 aromatic carbocycles. The predicted octanol–water partition coefficient (Wildman–Crippen LogP) is 5.20. The zero-order chi connectivity index (χ0) is 26.7. The molecule has 2 atom stereocenters. The van der Waals surface area contributed by atoms with Crippen LogP contribution in [0.15, 0.2) is 66.7 Å². The highest BCUT2D eigenvalue weighted by Crippen LogP contribution is 2.39. The first-order valence-electron chi connectivity index (χ1n) is 14.1. The molecule has 2 fully saturated rings. The number of piperazine rings is 1. The van der Waals surface area contributed by atoms with Gasteiger partial charge in [-0.05, 0) is 60.3 Å². The molecule has 2 aliphatic rings. The van der Waals surface area contributed by atoms with Gasteiger partial charge in [0, 0.05) is 45.3 Å². The van der Waals surface area contributed by atoms with Gasteiger partial charge in [-0.1, -0.05) is 67.9 Å². The van der Waals surface area contributed by atoms with E-state index in [0.29, 0.717) is 37.5 Å². The lowest BCUT2D eigenvalue weighted by Crippen LogP contribution is -2.56. The quantitative estimate of drug-likeness (QED) is 0.468. The van der Waals surface area contributed by atoms with Crippen LogP contribution in [0.2, 0.25) is 0 Å². The van der Waals surface area contributed by atoms with Gasteiger partial charge < -0.3 is 14.9 Å². The molecule has 1 N–H and O–H groups in total. The summed E-state index contributed by atoms with van der Waals surface area (Å²) in [6.07, 6.45) is 3.20. The van der Waals surface area contributed by atoms with Crippen LogP contribution in [0.1, 0.15) is 55.7 Å². The number of hydrogen-bond acceptors (Lipinski definition) is 4. The minimum atomic E-state index is -1.13. The summed E-state index contributed by atoms with van der Waals surface area (Å²) in [5.74, 6) is -1.06. The van der Waals surface area contributed by atoms with E-state index < -0.39 is 11.5 Å². The van der Waals surface area contributed by atoms with Gasteiger partial charge in [-0.15, -0.1) is 0 Å². The topological polar surface area (TPSA) is 47.0 Å². The molecule has 2 heterocycles. The molecule has 0 saturated carbocycles. The van der Waals surface area contributed by atoms with Gasteiger partial charge in [0.2, 0.25) is 5.91 Å². The lowest BCUT2D eigenvalue weighted by molar-refractivity contribution is -0.144. The smallest absolute Gasteiger partial charge is 0.233 e. The summed E-state index contributed by atoms with van der Waals surface area (Å²) >= 11 is 0. The van der Waals surface area contributed by atoms with Gasteiger partial charge >= 0.3 is 0 Å². The van der Waals surface area contributed by atoms with Crippen LogP contribution in [0.4, 0.5) is 4.39 Å². The number of carbonyl (C=O) groups is 1. The van der Waals surface area contributed by atoms with Crippen LogP contribution in [-0.2, 0) is 4.79 Å². The van der Waals surface area contributed by atoms with Crippen LogP contribution < -0.4 is 0 Å². The Hall–Kier alpha value is -2.80. The van der Waals surface area contributed by atoms with Crippen molar-refractivity contribution in [3.63, 3.8) is 0 Å². The number of piperidine rings is 1. The Kier molecular flexibility index (Phi) is 8.12. The standard InChI is InChI=1S/C32H40FN3O2/c1-3-7-29(28-11-6-9-24-8-4-5-10-27(24)28)35-20-22-36(23-21-35)31(37)30(25-12-14-26(33)15-13-25)32(38)16-18-34(2)19-17-32/h4-6,8-15,29-30,38H,3,7,16-23H2,1-2H3. The number of fused-ring (bicyclic) bond motifs is 1. The summed E-state index contributed by atoms with van der Waals surface area (Å²) in [5, 5.41) is 14.3. The predicted molar refractivity (Wildman–Crippen MR) is 151 cm³/mol. The van der Waals surface area contributed by atoms with Crippen molar-refractivity contribution in [3.8, 4) is 0 Å². The third-order valence-corrected chi connectivity index (χ3v) is 8.65. The second kappa shape index (κ2) is 11.5. The van der Waals surface area contributed by atoms with Gasteiger partial charge in [-0.25, -0.2) is 4.39 Å². The van der Waals surface area contributed by atoms with Crippen molar-refractivity contribution < 1.29 is 14.3 Å². The number of benzene rings is 3. The Morgan fingerprint density at radius 3 is 2.26 bits per heavy atom. The number of hydrogen-bond donors (Lipinski definition) is 1. The fourth-order valence-corrected chi connectivity index (χ4v) is 6.42. The lowest BCUT2D eigenvalue weighted by atomic mass is 9.75. The van der Waals surface area contributed by atoms with Gasteiger partial charge in [0.25, 0.3) is 0 Å². The first kappa shape index (κ1) is 26.8. The van der Waals surface area contributed by atoms with E-state index >= 15 is 0 Å². The second-order valence-electron chi connectivity index (χ2n) is 11.1. The first-order valence-corrected chi connectivity index (χ1v) is 14.1. The van der Waals surface area contributed by atoms with E-state index in [0.717, 1.165) is 39.0 Å². The van der Waals surface area contributed by atoms with E-state index in [1.807, 2.05) is 11.9 Å². The Morgan fingerprint density at radius 2 is 1.58 bits per heavy atom. The average Bonchev–Trinajstić information content (AvgIpc) is 2.94. The Balaban J connectivity index is 1.36. The molecule has 0 radical (unpaired) electrons. The highest BCUT2D eigenvalue weighted by atomic mass is 19.1. The van der Waals surface area contributed by atoms with Gasteiger partial charge in [0.05, 0.1) is 11.5 Å². The summed E-state index contributed by atoms with van der Waals surface area (Å²) in [7, 11) is 2.04. The zero-order valence-corrected chi connectivity index (χ0v) is 22.7. The van der Waals surface area contributed by atoms with Gasteiger partial charge in [0.15, 0.2) is 0 Å². The van der Waals surface area contributed by atoms with E-state index in [1.165, 1.54) is 28.5 Å². The SMILES string of the molecule is CCCC(c1cccc2ccccc12)N1CCN(C(=O)C(c2ccc(F)cc2)C2(O)CCN(C)CC2)CC1. The molecule has 2 saturated heterocycles. The molecule has 5 nitrogen and oxygen atoms in total. The monoisotopic (exact) mass is 517 g/mol. The number of amides is 1. The van der Waals surface area contributed by atoms with Crippen molar-refractivity contribution in [2.45, 2.75) is 50.2 Å². The maximum Gasteiger partial charge on any atom is 0.233 e. The number of likely N-dealkylation sites (tertiary alicyclic amines) is 1. The third kappa shape index (κ3) is 5.49. The Morgan fingerprint density at radius 1 is 0.921 bits per heavy atom. The number of aliphatic hydroxyl groups is 1. The van der Waals surface area contributed by atoms with Crippen LogP contribution in [-0.4, -0.2) is 77.6 Å². The van der Waals surface area contributed by atoms with E-state index in [-0.39, 0.29) is 11.7 Å². The molecule has 0 spiro atoms. The summed E-state index contributed by atoms with van der Waals surface area (Å²) in [6, 6.07) is 21.6. The van der Waals surface area contributed by atoms with Crippen LogP contribution in [0.25, 0.3) is 10.8 Å². The number of nitrogens with zero attached hydrogens (tertiary/aromatic N) is 3. The van der Waals surface area contributed by atoms with Crippen molar-refractivity contribution in [1.82, 2.24) is 14.7 Å². The van der Waals surface area contributed by atoms with Crippen LogP contribution in [0.3, 0.4) is 0 Å². The molecule has 3 aromatic rings. The number of rotatable bonds is 7. The Bertz CT molecular complexity index is 1230. The number of halogens is 1. The van der Waals surface area contributed by atoms with Crippen molar-refractivity contribution in [1.29, 1.82) is 0 Å². The van der Waals surface area contributed by atoms with Crippen molar-refractivity contribution >= 4 is 16.7 Å². The molecule has 2 aliphatic heterocycles. The van der Waals surface area contributed by atoms with Crippen LogP contribution in [0.5, 0.6) is 0 Å². The maximum absolute atomic E-state index is 14.1. The van der Waals surface area contributed by atoms with Gasteiger partial charge in [0.1, 0.15) is 5.82 Å². The molecule has 202 valence electrons. The van der Waals surface area contributed by atoms with Crippen molar-refractivity contribution in [2.24, 2.45) is 0 Å². The molecule has 2 unspecified atom stereocenters. The highest BCUT2D eigenvalue weighted by Gasteiger charge is 2.46. The van der Waals surface area contributed by atoms with Crippen molar-refractivity contribution in [2.75, 3.05) is 46.3 Å². The molecule has 6 heteroatoms. The molecule has 38 heavy (non-hydrogen) atoms. The first-order chi connectivity index (χ1) is 18.4. The molecule has 0 bridgehead atoms. The summed E-state index contributed by atoms with van der Waals surface area (Å²) < 4.78 is 13.7. The molecular formula is C32H40FN3O2. The van der Waals surface area contributed by atoms with Gasteiger partial charge in [-0.2, -0.15) is 0 Å². The lowest BCUT2D eigenvalue weighted by Gasteiger charge is -2.45. The highest BCUT2D eigenvalue weighted by molar-refractivity contribution is 5.86. The minimum Gasteiger partial charge on any atom is -0.389 e. The second-order valence-corrected chi connectivity index (χ2v) is 11.1. The molecular weight excluding hydrogens is 477 g/mol. The number of carbonyl (C=O) groups excluding carboxylic acids is 1. The maximum atomic E-state index is 14.1. The van der Waals surface area contributed by atoms with Crippen LogP contribution in [0, 0.1) is 5.82 Å². The largest absolute Gasteiger partial charge is 0.389 e. The van der Waals surface area contributed by atoms with Gasteiger partial charge in [-0.3, -0.25) is 9.69 Å².